The van der Waals surface area contributed by atoms with E-state index in [1.807, 2.05) is 11.8 Å². The third-order valence-corrected chi connectivity index (χ3v) is 5.85. The standard InChI is InChI=1S/C19H23F2N7O2/c1-10-7-29-3-2-27(10)18-24-17(14-6-23-15(22)5-13(14)16(20)21)25-19(26-18)28-11-4-12(28)9-30-8-11/h5-6,10-12,16H,2-4,7-9H2,1H3,(H2,22,23)/t10-,11?,12?/m1/s1. The lowest BCUT2D eigenvalue weighted by Crippen LogP contribution is -2.64. The van der Waals surface area contributed by atoms with Crippen molar-refractivity contribution in [1.82, 2.24) is 19.9 Å². The Morgan fingerprint density at radius 3 is 2.57 bits per heavy atom. The van der Waals surface area contributed by atoms with Gasteiger partial charge in [-0.2, -0.15) is 15.0 Å². The number of nitrogen functional groups attached to an aromatic ring is 1. The molecule has 3 fully saturated rings. The maximum atomic E-state index is 13.7. The number of halogens is 2. The van der Waals surface area contributed by atoms with Crippen molar-refractivity contribution in [3.63, 3.8) is 0 Å². The molecule has 30 heavy (non-hydrogen) atoms. The van der Waals surface area contributed by atoms with Crippen LogP contribution < -0.4 is 15.5 Å². The number of alkyl halides is 2. The van der Waals surface area contributed by atoms with E-state index in [1.54, 1.807) is 0 Å². The van der Waals surface area contributed by atoms with Gasteiger partial charge in [-0.1, -0.05) is 0 Å². The minimum absolute atomic E-state index is 0.0276. The van der Waals surface area contributed by atoms with Crippen LogP contribution in [0.25, 0.3) is 11.4 Å². The molecule has 3 atom stereocenters. The molecule has 3 aliphatic heterocycles. The SMILES string of the molecule is C[C@@H]1COCCN1c1nc(-c2cnc(N)cc2C(F)F)nc(N2C3COCC2C3)n1. The zero-order valence-corrected chi connectivity index (χ0v) is 16.5. The Morgan fingerprint density at radius 1 is 1.10 bits per heavy atom. The van der Waals surface area contributed by atoms with Crippen LogP contribution >= 0.6 is 0 Å². The molecule has 0 aromatic carbocycles. The molecule has 2 N–H and O–H groups in total. The van der Waals surface area contributed by atoms with E-state index in [2.05, 4.69) is 19.9 Å². The normalized spacial score (nSPS) is 26.1. The number of anilines is 3. The number of hydrogen-bond donors (Lipinski definition) is 1. The first-order chi connectivity index (χ1) is 14.5. The van der Waals surface area contributed by atoms with Gasteiger partial charge in [0.25, 0.3) is 6.43 Å². The fraction of sp³-hybridized carbons (Fsp3) is 0.579. The molecule has 3 saturated heterocycles. The van der Waals surface area contributed by atoms with Crippen molar-refractivity contribution in [3.05, 3.63) is 17.8 Å². The molecule has 0 amide bonds. The topological polar surface area (TPSA) is 103 Å². The third-order valence-electron chi connectivity index (χ3n) is 5.85. The smallest absolute Gasteiger partial charge is 0.264 e. The summed E-state index contributed by atoms with van der Waals surface area (Å²) in [5.74, 6) is 1.13. The molecule has 2 aromatic rings. The number of rotatable bonds is 4. The van der Waals surface area contributed by atoms with Crippen molar-refractivity contribution >= 4 is 17.7 Å². The summed E-state index contributed by atoms with van der Waals surface area (Å²) in [4.78, 5) is 22.0. The van der Waals surface area contributed by atoms with Gasteiger partial charge in [0.1, 0.15) is 5.82 Å². The molecule has 9 nitrogen and oxygen atoms in total. The third kappa shape index (κ3) is 3.31. The summed E-state index contributed by atoms with van der Waals surface area (Å²) < 4.78 is 38.5. The minimum Gasteiger partial charge on any atom is -0.384 e. The van der Waals surface area contributed by atoms with Crippen LogP contribution in [-0.2, 0) is 9.47 Å². The van der Waals surface area contributed by atoms with E-state index in [4.69, 9.17) is 20.2 Å². The number of nitrogens with two attached hydrogens (primary N) is 1. The van der Waals surface area contributed by atoms with E-state index < -0.39 is 6.43 Å². The van der Waals surface area contributed by atoms with Crippen molar-refractivity contribution in [2.45, 2.75) is 37.9 Å². The molecule has 2 aromatic heterocycles. The summed E-state index contributed by atoms with van der Waals surface area (Å²) >= 11 is 0. The van der Waals surface area contributed by atoms with Crippen molar-refractivity contribution in [2.24, 2.45) is 0 Å². The molecule has 0 aliphatic carbocycles. The summed E-state index contributed by atoms with van der Waals surface area (Å²) in [6.45, 7) is 4.94. The van der Waals surface area contributed by atoms with E-state index in [-0.39, 0.29) is 40.9 Å². The van der Waals surface area contributed by atoms with Gasteiger partial charge in [0.05, 0.1) is 44.6 Å². The van der Waals surface area contributed by atoms with Gasteiger partial charge in [-0.3, -0.25) is 0 Å². The van der Waals surface area contributed by atoms with Gasteiger partial charge in [0.15, 0.2) is 5.82 Å². The Morgan fingerprint density at radius 2 is 1.87 bits per heavy atom. The minimum atomic E-state index is -2.73. The second-order valence-electron chi connectivity index (χ2n) is 7.86. The highest BCUT2D eigenvalue weighted by Crippen LogP contribution is 2.37. The molecule has 160 valence electrons. The van der Waals surface area contributed by atoms with Crippen LogP contribution in [0.2, 0.25) is 0 Å². The Kier molecular flexibility index (Phi) is 4.86. The lowest BCUT2D eigenvalue weighted by Gasteiger charge is -2.52. The Bertz CT molecular complexity index is 904. The predicted octanol–water partition coefficient (Wildman–Crippen LogP) is 1.66. The molecular weight excluding hydrogens is 396 g/mol. The van der Waals surface area contributed by atoms with Crippen LogP contribution in [0.1, 0.15) is 25.3 Å². The lowest BCUT2D eigenvalue weighted by atomic mass is 9.92. The molecule has 0 saturated carbocycles. The predicted molar refractivity (Wildman–Crippen MR) is 106 cm³/mol. The molecule has 0 spiro atoms. The number of fused-ring (bicyclic) bond motifs is 2. The first-order valence-electron chi connectivity index (χ1n) is 10.0. The van der Waals surface area contributed by atoms with Gasteiger partial charge in [0, 0.05) is 23.9 Å². The summed E-state index contributed by atoms with van der Waals surface area (Å²) in [5, 5.41) is 0. The fourth-order valence-electron chi connectivity index (χ4n) is 4.26. The van der Waals surface area contributed by atoms with Gasteiger partial charge in [0.2, 0.25) is 11.9 Å². The first kappa shape index (κ1) is 19.3. The molecule has 2 bridgehead atoms. The van der Waals surface area contributed by atoms with Gasteiger partial charge in [-0.15, -0.1) is 0 Å². The van der Waals surface area contributed by atoms with E-state index >= 15 is 0 Å². The van der Waals surface area contributed by atoms with Crippen molar-refractivity contribution in [2.75, 3.05) is 48.5 Å². The molecule has 3 aliphatic rings. The van der Waals surface area contributed by atoms with Crippen LogP contribution in [0, 0.1) is 0 Å². The second-order valence-corrected chi connectivity index (χ2v) is 7.86. The number of aromatic nitrogens is 4. The quantitative estimate of drug-likeness (QED) is 0.792. The molecule has 0 radical (unpaired) electrons. The monoisotopic (exact) mass is 419 g/mol. The summed E-state index contributed by atoms with van der Waals surface area (Å²) in [7, 11) is 0. The fourth-order valence-corrected chi connectivity index (χ4v) is 4.26. The Balaban J connectivity index is 1.62. The molecular formula is C19H23F2N7O2. The maximum absolute atomic E-state index is 13.7. The highest BCUT2D eigenvalue weighted by atomic mass is 19.3. The first-order valence-corrected chi connectivity index (χ1v) is 10.0. The average molecular weight is 419 g/mol. The highest BCUT2D eigenvalue weighted by molar-refractivity contribution is 5.64. The summed E-state index contributed by atoms with van der Waals surface area (Å²) in [6.07, 6.45) is -0.411. The second kappa shape index (κ2) is 7.55. The van der Waals surface area contributed by atoms with Gasteiger partial charge in [-0.25, -0.2) is 13.8 Å². The lowest BCUT2D eigenvalue weighted by molar-refractivity contribution is 0.00904. The largest absolute Gasteiger partial charge is 0.384 e. The molecule has 11 heteroatoms. The zero-order valence-electron chi connectivity index (χ0n) is 16.5. The number of morpholine rings is 2. The van der Waals surface area contributed by atoms with Crippen molar-refractivity contribution < 1.29 is 18.3 Å². The van der Waals surface area contributed by atoms with E-state index in [1.165, 1.54) is 12.3 Å². The highest BCUT2D eigenvalue weighted by Gasteiger charge is 2.44. The van der Waals surface area contributed by atoms with Crippen LogP contribution in [0.15, 0.2) is 12.3 Å². The number of pyridine rings is 1. The Hall–Kier alpha value is -2.66. The number of nitrogens with zero attached hydrogens (tertiary/aromatic N) is 6. The molecule has 2 unspecified atom stereocenters. The van der Waals surface area contributed by atoms with Gasteiger partial charge >= 0.3 is 0 Å². The van der Waals surface area contributed by atoms with E-state index in [0.29, 0.717) is 44.9 Å². The van der Waals surface area contributed by atoms with Crippen LogP contribution in [0.4, 0.5) is 26.5 Å². The van der Waals surface area contributed by atoms with Gasteiger partial charge < -0.3 is 25.0 Å². The van der Waals surface area contributed by atoms with E-state index in [9.17, 15) is 8.78 Å². The molecule has 5 heterocycles. The average Bonchev–Trinajstić information content (AvgIpc) is 2.74. The summed E-state index contributed by atoms with van der Waals surface area (Å²) in [6, 6.07) is 1.61. The molecule has 5 rings (SSSR count). The van der Waals surface area contributed by atoms with Crippen molar-refractivity contribution in [3.8, 4) is 11.4 Å². The van der Waals surface area contributed by atoms with Crippen LogP contribution in [0.3, 0.4) is 0 Å². The van der Waals surface area contributed by atoms with E-state index in [0.717, 1.165) is 6.42 Å². The summed E-state index contributed by atoms with van der Waals surface area (Å²) in [5.41, 5.74) is 5.55. The van der Waals surface area contributed by atoms with Gasteiger partial charge in [-0.05, 0) is 19.4 Å². The van der Waals surface area contributed by atoms with Crippen LogP contribution in [0.5, 0.6) is 0 Å². The number of hydrogen-bond acceptors (Lipinski definition) is 9. The Labute approximate surface area is 172 Å². The number of ether oxygens (including phenoxy) is 2. The van der Waals surface area contributed by atoms with Crippen molar-refractivity contribution in [1.29, 1.82) is 0 Å². The maximum Gasteiger partial charge on any atom is 0.264 e. The zero-order chi connectivity index (χ0) is 20.8. The van der Waals surface area contributed by atoms with Crippen LogP contribution in [-0.4, -0.2) is 71.0 Å².